The molecule has 0 spiro atoms. The van der Waals surface area contributed by atoms with Gasteiger partial charge in [-0.2, -0.15) is 0 Å². The van der Waals surface area contributed by atoms with Gasteiger partial charge in [-0.1, -0.05) is 0 Å². The van der Waals surface area contributed by atoms with Crippen molar-refractivity contribution in [3.8, 4) is 5.88 Å². The number of pyridine rings is 1. The first-order chi connectivity index (χ1) is 7.29. The van der Waals surface area contributed by atoms with E-state index in [1.165, 1.54) is 12.3 Å². The molecule has 0 aromatic carbocycles. The molecule has 0 aliphatic carbocycles. The van der Waals surface area contributed by atoms with Crippen LogP contribution in [-0.2, 0) is 0 Å². The standard InChI is InChI=1S/C10H15N3O3/c1-7-4-8(13(14)15)5-12-9(7)16-6-10(2,3)11/h4-5H,6,11H2,1-3H3. The Bertz CT molecular complexity index is 399. The first kappa shape index (κ1) is 12.4. The van der Waals surface area contributed by atoms with Crippen molar-refractivity contribution in [2.24, 2.45) is 5.73 Å². The number of nitrogens with zero attached hydrogens (tertiary/aromatic N) is 2. The summed E-state index contributed by atoms with van der Waals surface area (Å²) in [7, 11) is 0. The van der Waals surface area contributed by atoms with Crippen LogP contribution in [0.2, 0.25) is 0 Å². The van der Waals surface area contributed by atoms with Crippen LogP contribution in [0.3, 0.4) is 0 Å². The summed E-state index contributed by atoms with van der Waals surface area (Å²) in [5.74, 6) is 0.379. The van der Waals surface area contributed by atoms with Gasteiger partial charge in [-0.3, -0.25) is 10.1 Å². The number of hydrogen-bond acceptors (Lipinski definition) is 5. The quantitative estimate of drug-likeness (QED) is 0.618. The Morgan fingerprint density at radius 2 is 2.25 bits per heavy atom. The Morgan fingerprint density at radius 1 is 1.62 bits per heavy atom. The summed E-state index contributed by atoms with van der Waals surface area (Å²) < 4.78 is 5.38. The van der Waals surface area contributed by atoms with Gasteiger partial charge in [0.05, 0.1) is 4.92 Å². The minimum atomic E-state index is -0.489. The molecule has 6 nitrogen and oxygen atoms in total. The highest BCUT2D eigenvalue weighted by molar-refractivity contribution is 5.36. The van der Waals surface area contributed by atoms with Crippen LogP contribution in [0.1, 0.15) is 19.4 Å². The summed E-state index contributed by atoms with van der Waals surface area (Å²) >= 11 is 0. The maximum absolute atomic E-state index is 10.5. The van der Waals surface area contributed by atoms with Crippen LogP contribution in [0.4, 0.5) is 5.69 Å². The zero-order valence-corrected chi connectivity index (χ0v) is 9.56. The van der Waals surface area contributed by atoms with E-state index in [1.54, 1.807) is 6.92 Å². The lowest BCUT2D eigenvalue weighted by molar-refractivity contribution is -0.385. The molecule has 0 saturated carbocycles. The molecule has 1 rings (SSSR count). The third kappa shape index (κ3) is 3.47. The van der Waals surface area contributed by atoms with Crippen molar-refractivity contribution in [2.45, 2.75) is 26.3 Å². The molecule has 88 valence electrons. The first-order valence-electron chi connectivity index (χ1n) is 4.82. The highest BCUT2D eigenvalue weighted by Crippen LogP contribution is 2.20. The largest absolute Gasteiger partial charge is 0.476 e. The summed E-state index contributed by atoms with van der Waals surface area (Å²) in [5.41, 5.74) is 5.87. The summed E-state index contributed by atoms with van der Waals surface area (Å²) in [4.78, 5) is 13.9. The molecule has 1 aromatic rings. The van der Waals surface area contributed by atoms with Crippen molar-refractivity contribution in [2.75, 3.05) is 6.61 Å². The maximum Gasteiger partial charge on any atom is 0.288 e. The van der Waals surface area contributed by atoms with Gasteiger partial charge in [0.2, 0.25) is 5.88 Å². The van der Waals surface area contributed by atoms with Gasteiger partial charge in [0.15, 0.2) is 0 Å². The normalized spacial score (nSPS) is 11.2. The molecule has 2 N–H and O–H groups in total. The summed E-state index contributed by atoms with van der Waals surface area (Å²) in [6.07, 6.45) is 1.17. The van der Waals surface area contributed by atoms with E-state index in [1.807, 2.05) is 13.8 Å². The molecule has 0 aliphatic rings. The van der Waals surface area contributed by atoms with E-state index < -0.39 is 10.5 Å². The highest BCUT2D eigenvalue weighted by atomic mass is 16.6. The van der Waals surface area contributed by atoms with Gasteiger partial charge >= 0.3 is 0 Å². The Labute approximate surface area is 93.6 Å². The fraction of sp³-hybridized carbons (Fsp3) is 0.500. The third-order valence-electron chi connectivity index (χ3n) is 1.81. The molecule has 0 atom stereocenters. The molecule has 1 heterocycles. The van der Waals surface area contributed by atoms with Gasteiger partial charge < -0.3 is 10.5 Å². The van der Waals surface area contributed by atoms with Gasteiger partial charge in [0.1, 0.15) is 12.8 Å². The molecule has 0 aliphatic heterocycles. The average Bonchev–Trinajstić information content (AvgIpc) is 2.14. The van der Waals surface area contributed by atoms with Crippen LogP contribution in [0.5, 0.6) is 5.88 Å². The highest BCUT2D eigenvalue weighted by Gasteiger charge is 2.15. The van der Waals surface area contributed by atoms with E-state index in [2.05, 4.69) is 4.98 Å². The van der Waals surface area contributed by atoms with Crippen LogP contribution < -0.4 is 10.5 Å². The zero-order chi connectivity index (χ0) is 12.3. The lowest BCUT2D eigenvalue weighted by Crippen LogP contribution is -2.38. The smallest absolute Gasteiger partial charge is 0.288 e. The van der Waals surface area contributed by atoms with Crippen LogP contribution in [0, 0.1) is 17.0 Å². The second-order valence-electron chi connectivity index (χ2n) is 4.35. The number of rotatable bonds is 4. The Kier molecular flexibility index (Phi) is 3.44. The molecule has 0 fully saturated rings. The van der Waals surface area contributed by atoms with Crippen LogP contribution in [0.25, 0.3) is 0 Å². The number of nitro groups is 1. The predicted molar refractivity (Wildman–Crippen MR) is 59.4 cm³/mol. The molecule has 0 bridgehead atoms. The van der Waals surface area contributed by atoms with Crippen LogP contribution >= 0.6 is 0 Å². The molecular weight excluding hydrogens is 210 g/mol. The van der Waals surface area contributed by atoms with Gasteiger partial charge in [0.25, 0.3) is 5.69 Å². The van der Waals surface area contributed by atoms with E-state index in [9.17, 15) is 10.1 Å². The number of aryl methyl sites for hydroxylation is 1. The number of ether oxygens (including phenoxy) is 1. The molecule has 0 saturated heterocycles. The van der Waals surface area contributed by atoms with Crippen molar-refractivity contribution in [3.63, 3.8) is 0 Å². The van der Waals surface area contributed by atoms with Crippen molar-refractivity contribution in [3.05, 3.63) is 27.9 Å². The average molecular weight is 225 g/mol. The van der Waals surface area contributed by atoms with Crippen molar-refractivity contribution < 1.29 is 9.66 Å². The third-order valence-corrected chi connectivity index (χ3v) is 1.81. The lowest BCUT2D eigenvalue weighted by atomic mass is 10.1. The summed E-state index contributed by atoms with van der Waals surface area (Å²) in [6, 6.07) is 1.42. The second-order valence-corrected chi connectivity index (χ2v) is 4.35. The molecule has 6 heteroatoms. The minimum Gasteiger partial charge on any atom is -0.476 e. The predicted octanol–water partition coefficient (Wildman–Crippen LogP) is 1.41. The van der Waals surface area contributed by atoms with E-state index in [0.717, 1.165) is 0 Å². The zero-order valence-electron chi connectivity index (χ0n) is 9.56. The Morgan fingerprint density at radius 3 is 2.69 bits per heavy atom. The lowest BCUT2D eigenvalue weighted by Gasteiger charge is -2.18. The fourth-order valence-corrected chi connectivity index (χ4v) is 1.05. The van der Waals surface area contributed by atoms with Gasteiger partial charge in [-0.25, -0.2) is 4.98 Å². The summed E-state index contributed by atoms with van der Waals surface area (Å²) in [6.45, 7) is 5.67. The van der Waals surface area contributed by atoms with E-state index in [-0.39, 0.29) is 5.69 Å². The molecule has 16 heavy (non-hydrogen) atoms. The van der Waals surface area contributed by atoms with Crippen LogP contribution in [0.15, 0.2) is 12.3 Å². The topological polar surface area (TPSA) is 91.3 Å². The molecular formula is C10H15N3O3. The SMILES string of the molecule is Cc1cc([N+](=O)[O-])cnc1OCC(C)(C)N. The monoisotopic (exact) mass is 225 g/mol. The van der Waals surface area contributed by atoms with Gasteiger partial charge in [-0.05, 0) is 20.8 Å². The van der Waals surface area contributed by atoms with Crippen molar-refractivity contribution in [1.82, 2.24) is 4.98 Å². The Hall–Kier alpha value is -1.69. The van der Waals surface area contributed by atoms with Crippen molar-refractivity contribution >= 4 is 5.69 Å². The fourth-order valence-electron chi connectivity index (χ4n) is 1.05. The van der Waals surface area contributed by atoms with Crippen molar-refractivity contribution in [1.29, 1.82) is 0 Å². The van der Waals surface area contributed by atoms with Gasteiger partial charge in [-0.15, -0.1) is 0 Å². The first-order valence-corrected chi connectivity index (χ1v) is 4.82. The molecule has 0 unspecified atom stereocenters. The number of aromatic nitrogens is 1. The Balaban J connectivity index is 2.80. The summed E-state index contributed by atoms with van der Waals surface area (Å²) in [5, 5.41) is 10.5. The van der Waals surface area contributed by atoms with E-state index >= 15 is 0 Å². The molecule has 0 radical (unpaired) electrons. The minimum absolute atomic E-state index is 0.0446. The second kappa shape index (κ2) is 4.44. The number of hydrogen-bond donors (Lipinski definition) is 1. The molecule has 0 amide bonds. The maximum atomic E-state index is 10.5. The molecule has 1 aromatic heterocycles. The number of nitrogens with two attached hydrogens (primary N) is 1. The van der Waals surface area contributed by atoms with E-state index in [4.69, 9.17) is 10.5 Å². The van der Waals surface area contributed by atoms with Gasteiger partial charge in [0, 0.05) is 17.2 Å². The van der Waals surface area contributed by atoms with Crippen LogP contribution in [-0.4, -0.2) is 22.1 Å². The van der Waals surface area contributed by atoms with E-state index in [0.29, 0.717) is 18.1 Å².